The Morgan fingerprint density at radius 2 is 1.65 bits per heavy atom. The number of hydrogen-bond acceptors (Lipinski definition) is 3. The van der Waals surface area contributed by atoms with Crippen LogP contribution in [0.3, 0.4) is 0 Å². The Hall–Kier alpha value is -0.130. The lowest BCUT2D eigenvalue weighted by Gasteiger charge is -2.19. The van der Waals surface area contributed by atoms with Gasteiger partial charge in [0.1, 0.15) is 0 Å². The Morgan fingerprint density at radius 3 is 2.12 bits per heavy atom. The van der Waals surface area contributed by atoms with E-state index in [1.165, 1.54) is 0 Å². The molecule has 2 atom stereocenters. The predicted octanol–water partition coefficient (Wildman–Crippen LogP) is 1.59. The van der Waals surface area contributed by atoms with Crippen LogP contribution in [0.5, 0.6) is 0 Å². The summed E-state index contributed by atoms with van der Waals surface area (Å²) in [6.45, 7) is 12.0. The molecule has 104 valence electrons. The molecule has 2 N–H and O–H groups in total. The first-order valence-corrected chi connectivity index (χ1v) is 8.05. The highest BCUT2D eigenvalue weighted by Gasteiger charge is 2.21. The smallest absolute Gasteiger partial charge is 0.215 e. The first kappa shape index (κ1) is 16.9. The molecule has 17 heavy (non-hydrogen) atoms. The minimum atomic E-state index is -3.18. The molecule has 0 saturated heterocycles. The zero-order valence-corrected chi connectivity index (χ0v) is 12.6. The Balaban J connectivity index is 4.09. The summed E-state index contributed by atoms with van der Waals surface area (Å²) < 4.78 is 26.5. The second-order valence-corrected chi connectivity index (χ2v) is 7.31. The van der Waals surface area contributed by atoms with E-state index in [1.807, 2.05) is 0 Å². The van der Waals surface area contributed by atoms with Crippen LogP contribution in [-0.2, 0) is 10.0 Å². The van der Waals surface area contributed by atoms with Gasteiger partial charge in [-0.15, -0.1) is 0 Å². The highest BCUT2D eigenvalue weighted by atomic mass is 32.2. The number of hydrogen-bond donors (Lipinski definition) is 2. The molecule has 0 amide bonds. The van der Waals surface area contributed by atoms with Crippen LogP contribution < -0.4 is 10.0 Å². The van der Waals surface area contributed by atoms with Crippen LogP contribution in [0, 0.1) is 11.8 Å². The molecule has 5 heteroatoms. The summed E-state index contributed by atoms with van der Waals surface area (Å²) in [5.41, 5.74) is 0. The third-order valence-corrected chi connectivity index (χ3v) is 4.93. The molecular weight excluding hydrogens is 236 g/mol. The molecule has 0 bridgehead atoms. The van der Waals surface area contributed by atoms with Gasteiger partial charge >= 0.3 is 0 Å². The van der Waals surface area contributed by atoms with Gasteiger partial charge in [0.15, 0.2) is 0 Å². The second kappa shape index (κ2) is 8.06. The maximum atomic E-state index is 11.9. The van der Waals surface area contributed by atoms with Crippen molar-refractivity contribution in [2.45, 2.75) is 46.3 Å². The monoisotopic (exact) mass is 264 g/mol. The fraction of sp³-hybridized carbons (Fsp3) is 1.00. The summed E-state index contributed by atoms with van der Waals surface area (Å²) in [7, 11) is -3.18. The van der Waals surface area contributed by atoms with Crippen LogP contribution in [0.2, 0.25) is 0 Å². The minimum Gasteiger partial charge on any atom is -0.315 e. The molecule has 0 radical (unpaired) electrons. The summed E-state index contributed by atoms with van der Waals surface area (Å²) in [6.07, 6.45) is 1.02. The average molecular weight is 264 g/mol. The Labute approximate surface area is 107 Å². The molecule has 4 nitrogen and oxygen atoms in total. The Bertz CT molecular complexity index is 289. The predicted molar refractivity (Wildman–Crippen MR) is 73.5 cm³/mol. The van der Waals surface area contributed by atoms with E-state index < -0.39 is 10.0 Å². The van der Waals surface area contributed by atoms with E-state index in [-0.39, 0.29) is 5.25 Å². The van der Waals surface area contributed by atoms with Gasteiger partial charge in [0.05, 0.1) is 5.25 Å². The highest BCUT2D eigenvalue weighted by Crippen LogP contribution is 2.09. The number of sulfonamides is 1. The molecule has 0 aliphatic rings. The molecular formula is C12H28N2O2S. The van der Waals surface area contributed by atoms with Gasteiger partial charge in [0.25, 0.3) is 0 Å². The van der Waals surface area contributed by atoms with Gasteiger partial charge in [-0.25, -0.2) is 13.1 Å². The van der Waals surface area contributed by atoms with E-state index in [0.29, 0.717) is 24.9 Å². The van der Waals surface area contributed by atoms with E-state index in [2.05, 4.69) is 37.7 Å². The summed E-state index contributed by atoms with van der Waals surface area (Å²) in [5, 5.41) is 2.75. The van der Waals surface area contributed by atoms with E-state index in [0.717, 1.165) is 13.0 Å². The normalized spacial score (nSPS) is 16.1. The summed E-state index contributed by atoms with van der Waals surface area (Å²) >= 11 is 0. The molecule has 0 spiro atoms. The first-order chi connectivity index (χ1) is 7.81. The van der Waals surface area contributed by atoms with Crippen molar-refractivity contribution < 1.29 is 8.42 Å². The van der Waals surface area contributed by atoms with Crippen LogP contribution in [-0.4, -0.2) is 33.3 Å². The Morgan fingerprint density at radius 1 is 1.06 bits per heavy atom. The lowest BCUT2D eigenvalue weighted by molar-refractivity contribution is 0.413. The maximum Gasteiger partial charge on any atom is 0.215 e. The van der Waals surface area contributed by atoms with Gasteiger partial charge in [-0.3, -0.25) is 0 Å². The van der Waals surface area contributed by atoms with Gasteiger partial charge in [0.2, 0.25) is 10.0 Å². The molecule has 0 aliphatic heterocycles. The third kappa shape index (κ3) is 7.01. The van der Waals surface area contributed by atoms with Crippen LogP contribution in [0.25, 0.3) is 0 Å². The van der Waals surface area contributed by atoms with Crippen LogP contribution in [0.1, 0.15) is 41.0 Å². The quantitative estimate of drug-likeness (QED) is 0.622. The standard InChI is InChI=1S/C12H28N2O2S/c1-6-7-13-9-12(5)17(15,16)14-8-11(4)10(2)3/h10-14H,6-9H2,1-5H3. The van der Waals surface area contributed by atoms with Crippen LogP contribution in [0.4, 0.5) is 0 Å². The SMILES string of the molecule is CCCNCC(C)S(=O)(=O)NCC(C)C(C)C. The average Bonchev–Trinajstić information content (AvgIpc) is 2.25. The fourth-order valence-electron chi connectivity index (χ4n) is 1.22. The van der Waals surface area contributed by atoms with Crippen molar-refractivity contribution in [1.82, 2.24) is 10.0 Å². The fourth-order valence-corrected chi connectivity index (χ4v) is 2.33. The Kier molecular flexibility index (Phi) is 8.00. The molecule has 0 fully saturated rings. The zero-order chi connectivity index (χ0) is 13.5. The number of rotatable bonds is 9. The van der Waals surface area contributed by atoms with Crippen LogP contribution >= 0.6 is 0 Å². The van der Waals surface area contributed by atoms with Gasteiger partial charge in [0, 0.05) is 13.1 Å². The highest BCUT2D eigenvalue weighted by molar-refractivity contribution is 7.90. The molecule has 0 rings (SSSR count). The molecule has 0 aliphatic carbocycles. The van der Waals surface area contributed by atoms with Crippen molar-refractivity contribution in [3.63, 3.8) is 0 Å². The van der Waals surface area contributed by atoms with Crippen molar-refractivity contribution in [3.05, 3.63) is 0 Å². The van der Waals surface area contributed by atoms with E-state index in [1.54, 1.807) is 6.92 Å². The summed E-state index contributed by atoms with van der Waals surface area (Å²) in [5.74, 6) is 0.854. The lowest BCUT2D eigenvalue weighted by atomic mass is 9.99. The van der Waals surface area contributed by atoms with Gasteiger partial charge in [-0.2, -0.15) is 0 Å². The first-order valence-electron chi connectivity index (χ1n) is 6.50. The number of nitrogens with one attached hydrogen (secondary N) is 2. The molecule has 0 aromatic heterocycles. The van der Waals surface area contributed by atoms with E-state index in [4.69, 9.17) is 0 Å². The lowest BCUT2D eigenvalue weighted by Crippen LogP contribution is -2.41. The van der Waals surface area contributed by atoms with Gasteiger partial charge in [-0.1, -0.05) is 27.7 Å². The van der Waals surface area contributed by atoms with E-state index >= 15 is 0 Å². The third-order valence-electron chi connectivity index (χ3n) is 3.13. The van der Waals surface area contributed by atoms with Gasteiger partial charge in [-0.05, 0) is 31.7 Å². The van der Waals surface area contributed by atoms with Crippen LogP contribution in [0.15, 0.2) is 0 Å². The molecule has 0 aromatic carbocycles. The molecule has 0 heterocycles. The molecule has 0 aromatic rings. The molecule has 0 saturated carbocycles. The summed E-state index contributed by atoms with van der Waals surface area (Å²) in [6, 6.07) is 0. The van der Waals surface area contributed by atoms with E-state index in [9.17, 15) is 8.42 Å². The van der Waals surface area contributed by atoms with Gasteiger partial charge < -0.3 is 5.32 Å². The zero-order valence-electron chi connectivity index (χ0n) is 11.8. The van der Waals surface area contributed by atoms with Crippen molar-refractivity contribution >= 4 is 10.0 Å². The molecule has 2 unspecified atom stereocenters. The largest absolute Gasteiger partial charge is 0.315 e. The minimum absolute atomic E-state index is 0.362. The van der Waals surface area contributed by atoms with Crippen molar-refractivity contribution in [1.29, 1.82) is 0 Å². The van der Waals surface area contributed by atoms with Crippen molar-refractivity contribution in [2.24, 2.45) is 11.8 Å². The summed E-state index contributed by atoms with van der Waals surface area (Å²) in [4.78, 5) is 0. The second-order valence-electron chi connectivity index (χ2n) is 5.13. The van der Waals surface area contributed by atoms with Crippen molar-refractivity contribution in [2.75, 3.05) is 19.6 Å². The topological polar surface area (TPSA) is 58.2 Å². The van der Waals surface area contributed by atoms with Crippen molar-refractivity contribution in [3.8, 4) is 0 Å². The maximum absolute atomic E-state index is 11.9.